The van der Waals surface area contributed by atoms with Crippen molar-refractivity contribution in [3.63, 3.8) is 0 Å². The molecule has 2 atom stereocenters. The van der Waals surface area contributed by atoms with Crippen molar-refractivity contribution in [1.82, 2.24) is 25.1 Å². The normalized spacial score (nSPS) is 22.2. The van der Waals surface area contributed by atoms with E-state index in [1.54, 1.807) is 29.2 Å². The first-order valence-electron chi connectivity index (χ1n) is 14.9. The third-order valence-electron chi connectivity index (χ3n) is 8.88. The second-order valence-electron chi connectivity index (χ2n) is 11.9. The number of halogens is 3. The second kappa shape index (κ2) is 12.8. The van der Waals surface area contributed by atoms with Crippen LogP contribution in [-0.4, -0.2) is 76.9 Å². The maximum Gasteiger partial charge on any atom is 0.421 e. The summed E-state index contributed by atoms with van der Waals surface area (Å²) in [7, 11) is 3.90. The Morgan fingerprint density at radius 2 is 1.67 bits per heavy atom. The number of piperidine rings is 1. The molecule has 2 aliphatic carbocycles. The third-order valence-corrected chi connectivity index (χ3v) is 8.88. The van der Waals surface area contributed by atoms with Gasteiger partial charge in [-0.3, -0.25) is 9.59 Å². The smallest absolute Gasteiger partial charge is 0.367 e. The van der Waals surface area contributed by atoms with Gasteiger partial charge in [-0.2, -0.15) is 18.2 Å². The topological polar surface area (TPSA) is 102 Å². The maximum absolute atomic E-state index is 13.8. The molecule has 0 spiro atoms. The second-order valence-corrected chi connectivity index (χ2v) is 11.9. The lowest BCUT2D eigenvalue weighted by molar-refractivity contribution is -0.137. The van der Waals surface area contributed by atoms with Crippen molar-refractivity contribution in [2.24, 2.45) is 5.92 Å². The van der Waals surface area contributed by atoms with Crippen LogP contribution in [0.1, 0.15) is 73.7 Å². The van der Waals surface area contributed by atoms with E-state index in [2.05, 4.69) is 37.9 Å². The lowest BCUT2D eigenvalue weighted by Gasteiger charge is -2.35. The van der Waals surface area contributed by atoms with E-state index in [0.29, 0.717) is 30.5 Å². The standard InChI is InChI=1S/C30H40F3N7O2/c1-39-15-13-24(14-16-39)40(2)28(42)19-7-10-22(11-8-19)37-29-34-18-25(30(31,32)33)26(38-29)35-23-12-9-20(17-23)27(41)36-21-5-3-4-6-21/h7-8,10-11,18,20-21,23-24H,3-6,9,12-17H2,1-2H3,(H,36,41)(H2,34,35,37,38). The number of likely N-dealkylation sites (tertiary alicyclic amines) is 1. The summed E-state index contributed by atoms with van der Waals surface area (Å²) < 4.78 is 41.4. The summed E-state index contributed by atoms with van der Waals surface area (Å²) in [5, 5.41) is 9.01. The number of carbonyl (C=O) groups excluding carboxylic acids is 2. The van der Waals surface area contributed by atoms with Crippen LogP contribution < -0.4 is 16.0 Å². The number of hydrogen-bond acceptors (Lipinski definition) is 7. The first-order chi connectivity index (χ1) is 20.1. The number of amides is 2. The highest BCUT2D eigenvalue weighted by Gasteiger charge is 2.38. The molecule has 42 heavy (non-hydrogen) atoms. The first-order valence-corrected chi connectivity index (χ1v) is 14.9. The molecule has 3 N–H and O–H groups in total. The molecule has 3 aliphatic rings. The fraction of sp³-hybridized carbons (Fsp3) is 0.600. The van der Waals surface area contributed by atoms with Crippen molar-refractivity contribution < 1.29 is 22.8 Å². The van der Waals surface area contributed by atoms with E-state index in [-0.39, 0.29) is 47.6 Å². The summed E-state index contributed by atoms with van der Waals surface area (Å²) in [6.07, 6.45) is 3.83. The van der Waals surface area contributed by atoms with Gasteiger partial charge in [0, 0.05) is 48.5 Å². The van der Waals surface area contributed by atoms with E-state index in [9.17, 15) is 22.8 Å². The van der Waals surface area contributed by atoms with Gasteiger partial charge in [0.2, 0.25) is 11.9 Å². The van der Waals surface area contributed by atoms with Gasteiger partial charge < -0.3 is 25.8 Å². The van der Waals surface area contributed by atoms with E-state index in [0.717, 1.165) is 57.8 Å². The average molecular weight is 588 g/mol. The molecule has 2 aromatic rings. The van der Waals surface area contributed by atoms with E-state index < -0.39 is 11.7 Å². The quantitative estimate of drug-likeness (QED) is 0.398. The molecule has 2 heterocycles. The Labute approximate surface area is 244 Å². The third kappa shape index (κ3) is 7.32. The molecule has 0 bridgehead atoms. The number of nitrogens with one attached hydrogen (secondary N) is 3. The molecule has 228 valence electrons. The van der Waals surface area contributed by atoms with Crippen LogP contribution in [0.25, 0.3) is 0 Å². The van der Waals surface area contributed by atoms with Crippen molar-refractivity contribution in [2.45, 2.75) is 82.1 Å². The fourth-order valence-electron chi connectivity index (χ4n) is 6.27. The van der Waals surface area contributed by atoms with Gasteiger partial charge in [0.25, 0.3) is 5.91 Å². The lowest BCUT2D eigenvalue weighted by atomic mass is 10.0. The van der Waals surface area contributed by atoms with Gasteiger partial charge >= 0.3 is 6.18 Å². The summed E-state index contributed by atoms with van der Waals surface area (Å²) in [4.78, 5) is 37.8. The van der Waals surface area contributed by atoms with Gasteiger partial charge in [0.05, 0.1) is 0 Å². The minimum Gasteiger partial charge on any atom is -0.367 e. The van der Waals surface area contributed by atoms with Gasteiger partial charge in [0.15, 0.2) is 0 Å². The molecule has 3 fully saturated rings. The van der Waals surface area contributed by atoms with Gasteiger partial charge in [-0.15, -0.1) is 0 Å². The van der Waals surface area contributed by atoms with Crippen LogP contribution in [0.3, 0.4) is 0 Å². The Kier molecular flexibility index (Phi) is 9.19. The molecule has 2 amide bonds. The SMILES string of the molecule is CN1CCC(N(C)C(=O)c2ccc(Nc3ncc(C(F)(F)F)c(NC4CCC(C(=O)NC5CCCC5)C4)n3)cc2)CC1. The predicted octanol–water partition coefficient (Wildman–Crippen LogP) is 5.04. The Hall–Kier alpha value is -3.41. The van der Waals surface area contributed by atoms with Crippen LogP contribution in [0.4, 0.5) is 30.6 Å². The number of nitrogens with zero attached hydrogens (tertiary/aromatic N) is 4. The van der Waals surface area contributed by atoms with E-state index in [1.807, 2.05) is 7.05 Å². The summed E-state index contributed by atoms with van der Waals surface area (Å²) >= 11 is 0. The number of benzene rings is 1. The number of rotatable bonds is 8. The van der Waals surface area contributed by atoms with Crippen molar-refractivity contribution in [3.05, 3.63) is 41.6 Å². The minimum absolute atomic E-state index is 0.00143. The highest BCUT2D eigenvalue weighted by Crippen LogP contribution is 2.36. The number of alkyl halides is 3. The summed E-state index contributed by atoms with van der Waals surface area (Å²) in [6.45, 7) is 1.90. The maximum atomic E-state index is 13.8. The fourth-order valence-corrected chi connectivity index (χ4v) is 6.27. The minimum atomic E-state index is -4.64. The zero-order chi connectivity index (χ0) is 29.9. The Bertz CT molecular complexity index is 1240. The number of carbonyl (C=O) groups is 2. The number of aromatic nitrogens is 2. The summed E-state index contributed by atoms with van der Waals surface area (Å²) in [5.41, 5.74) is 0.124. The van der Waals surface area contributed by atoms with Crippen LogP contribution >= 0.6 is 0 Å². The molecule has 2 saturated carbocycles. The monoisotopic (exact) mass is 587 g/mol. The molecule has 1 saturated heterocycles. The molecular formula is C30H40F3N7O2. The average Bonchev–Trinajstić information content (AvgIpc) is 3.65. The Morgan fingerprint density at radius 1 is 0.976 bits per heavy atom. The molecule has 0 radical (unpaired) electrons. The van der Waals surface area contributed by atoms with Gasteiger partial charge in [-0.25, -0.2) is 4.98 Å². The van der Waals surface area contributed by atoms with Crippen LogP contribution in [-0.2, 0) is 11.0 Å². The Balaban J connectivity index is 1.22. The van der Waals surface area contributed by atoms with Gasteiger partial charge in [0.1, 0.15) is 11.4 Å². The highest BCUT2D eigenvalue weighted by molar-refractivity contribution is 5.94. The highest BCUT2D eigenvalue weighted by atomic mass is 19.4. The number of anilines is 3. The largest absolute Gasteiger partial charge is 0.421 e. The van der Waals surface area contributed by atoms with E-state index >= 15 is 0 Å². The predicted molar refractivity (Wildman–Crippen MR) is 155 cm³/mol. The molecule has 2 unspecified atom stereocenters. The summed E-state index contributed by atoms with van der Waals surface area (Å²) in [5.74, 6) is -0.613. The van der Waals surface area contributed by atoms with E-state index in [4.69, 9.17) is 0 Å². The van der Waals surface area contributed by atoms with Crippen molar-refractivity contribution in [2.75, 3.05) is 37.8 Å². The molecule has 1 aromatic carbocycles. The molecule has 1 aliphatic heterocycles. The van der Waals surface area contributed by atoms with Crippen LogP contribution in [0.2, 0.25) is 0 Å². The van der Waals surface area contributed by atoms with Crippen molar-refractivity contribution in [3.8, 4) is 0 Å². The molecule has 1 aromatic heterocycles. The zero-order valence-electron chi connectivity index (χ0n) is 24.2. The van der Waals surface area contributed by atoms with Crippen LogP contribution in [0, 0.1) is 5.92 Å². The van der Waals surface area contributed by atoms with Gasteiger partial charge in [-0.05, 0) is 89.3 Å². The molecular weight excluding hydrogens is 547 g/mol. The van der Waals surface area contributed by atoms with Crippen LogP contribution in [0.5, 0.6) is 0 Å². The molecule has 5 rings (SSSR count). The van der Waals surface area contributed by atoms with Crippen LogP contribution in [0.15, 0.2) is 30.5 Å². The van der Waals surface area contributed by atoms with Crippen molar-refractivity contribution >= 4 is 29.3 Å². The summed E-state index contributed by atoms with van der Waals surface area (Å²) in [6, 6.07) is 6.85. The Morgan fingerprint density at radius 3 is 2.33 bits per heavy atom. The molecule has 12 heteroatoms. The van der Waals surface area contributed by atoms with E-state index in [1.165, 1.54) is 0 Å². The first kappa shape index (κ1) is 30.1. The lowest BCUT2D eigenvalue weighted by Crippen LogP contribution is -2.44. The zero-order valence-corrected chi connectivity index (χ0v) is 24.2. The number of hydrogen-bond donors (Lipinski definition) is 3. The molecule has 9 nitrogen and oxygen atoms in total. The van der Waals surface area contributed by atoms with Gasteiger partial charge in [-0.1, -0.05) is 12.8 Å². The van der Waals surface area contributed by atoms with Crippen molar-refractivity contribution in [1.29, 1.82) is 0 Å².